The van der Waals surface area contributed by atoms with Crippen LogP contribution in [-0.2, 0) is 12.8 Å². The number of piperidine rings is 1. The van der Waals surface area contributed by atoms with Gasteiger partial charge < -0.3 is 4.90 Å². The fourth-order valence-electron chi connectivity index (χ4n) is 4.96. The molecule has 1 aliphatic rings. The van der Waals surface area contributed by atoms with Gasteiger partial charge in [-0.3, -0.25) is 4.98 Å². The van der Waals surface area contributed by atoms with E-state index < -0.39 is 0 Å². The van der Waals surface area contributed by atoms with Gasteiger partial charge in [-0.1, -0.05) is 19.4 Å². The monoisotopic (exact) mass is 450 g/mol. The van der Waals surface area contributed by atoms with Gasteiger partial charge in [0.2, 0.25) is 0 Å². The van der Waals surface area contributed by atoms with Crippen LogP contribution in [-0.4, -0.2) is 32.7 Å². The minimum absolute atomic E-state index is 0.591. The Morgan fingerprint density at radius 3 is 2.56 bits per heavy atom. The highest BCUT2D eigenvalue weighted by atomic mass is 15.2. The van der Waals surface area contributed by atoms with Gasteiger partial charge in [0, 0.05) is 48.5 Å². The number of hydrogen-bond donors (Lipinski definition) is 0. The van der Waals surface area contributed by atoms with Crippen molar-refractivity contribution in [3.05, 3.63) is 77.5 Å². The number of pyridine rings is 3. The maximum Gasteiger partial charge on any atom is 0.128 e. The van der Waals surface area contributed by atoms with Crippen LogP contribution in [0, 0.1) is 24.2 Å². The summed E-state index contributed by atoms with van der Waals surface area (Å²) >= 11 is 0. The molecule has 0 aromatic carbocycles. The van der Waals surface area contributed by atoms with Crippen LogP contribution >= 0.6 is 0 Å². The third-order valence-electron chi connectivity index (χ3n) is 6.82. The third kappa shape index (κ3) is 4.51. The highest BCUT2D eigenvalue weighted by Crippen LogP contribution is 2.30. The molecule has 4 aromatic rings. The third-order valence-corrected chi connectivity index (χ3v) is 6.82. The van der Waals surface area contributed by atoms with Gasteiger partial charge in [0.25, 0.3) is 0 Å². The van der Waals surface area contributed by atoms with E-state index in [4.69, 9.17) is 4.98 Å². The predicted octanol–water partition coefficient (Wildman–Crippen LogP) is 5.38. The van der Waals surface area contributed by atoms with Crippen LogP contribution in [0.25, 0.3) is 16.6 Å². The molecule has 4 aromatic heterocycles. The Balaban J connectivity index is 1.32. The molecule has 0 aliphatic carbocycles. The fourth-order valence-corrected chi connectivity index (χ4v) is 4.96. The SMILES string of the molecule is CCCc1cc(-c2ccc(N3CCC(Cc4ccc(C)nc4)CC3)nc2)c2c(C#N)cnn2c1. The van der Waals surface area contributed by atoms with Gasteiger partial charge in [0.15, 0.2) is 0 Å². The Kier molecular flexibility index (Phi) is 6.27. The summed E-state index contributed by atoms with van der Waals surface area (Å²) in [6.07, 6.45) is 13.1. The molecule has 0 unspecified atom stereocenters. The molecule has 0 spiro atoms. The molecule has 1 saturated heterocycles. The second-order valence-electron chi connectivity index (χ2n) is 9.32. The first-order valence-corrected chi connectivity index (χ1v) is 12.2. The molecule has 1 aliphatic heterocycles. The molecular weight excluding hydrogens is 420 g/mol. The van der Waals surface area contributed by atoms with E-state index in [1.807, 2.05) is 30.0 Å². The lowest BCUT2D eigenvalue weighted by atomic mass is 9.90. The zero-order valence-electron chi connectivity index (χ0n) is 19.9. The molecule has 5 heterocycles. The van der Waals surface area contributed by atoms with Crippen LogP contribution in [0.3, 0.4) is 0 Å². The zero-order valence-corrected chi connectivity index (χ0v) is 19.9. The Hall–Kier alpha value is -3.72. The molecule has 5 rings (SSSR count). The van der Waals surface area contributed by atoms with Crippen molar-refractivity contribution in [3.8, 4) is 17.2 Å². The lowest BCUT2D eigenvalue weighted by Crippen LogP contribution is -2.34. The van der Waals surface area contributed by atoms with E-state index in [0.29, 0.717) is 11.5 Å². The fraction of sp³-hybridized carbons (Fsp3) is 0.357. The van der Waals surface area contributed by atoms with Crippen LogP contribution in [0.2, 0.25) is 0 Å². The number of nitrogens with zero attached hydrogens (tertiary/aromatic N) is 6. The van der Waals surface area contributed by atoms with E-state index in [-0.39, 0.29) is 0 Å². The first kappa shape index (κ1) is 22.1. The van der Waals surface area contributed by atoms with Crippen LogP contribution in [0.15, 0.2) is 55.1 Å². The molecule has 6 nitrogen and oxygen atoms in total. The highest BCUT2D eigenvalue weighted by molar-refractivity contribution is 5.84. The lowest BCUT2D eigenvalue weighted by Gasteiger charge is -2.33. The van der Waals surface area contributed by atoms with Crippen molar-refractivity contribution in [2.24, 2.45) is 5.92 Å². The quantitative estimate of drug-likeness (QED) is 0.394. The van der Waals surface area contributed by atoms with Gasteiger partial charge in [0.1, 0.15) is 11.9 Å². The number of aromatic nitrogens is 4. The summed E-state index contributed by atoms with van der Waals surface area (Å²) in [5, 5.41) is 14.0. The van der Waals surface area contributed by atoms with E-state index in [1.54, 1.807) is 6.20 Å². The van der Waals surface area contributed by atoms with E-state index in [1.165, 1.54) is 24.0 Å². The van der Waals surface area contributed by atoms with Crippen LogP contribution in [0.1, 0.15) is 48.6 Å². The molecule has 0 saturated carbocycles. The number of anilines is 1. The Labute approximate surface area is 200 Å². The number of fused-ring (bicyclic) bond motifs is 1. The molecule has 34 heavy (non-hydrogen) atoms. The molecule has 0 radical (unpaired) electrons. The van der Waals surface area contributed by atoms with Crippen LogP contribution < -0.4 is 4.90 Å². The summed E-state index contributed by atoms with van der Waals surface area (Å²) in [7, 11) is 0. The summed E-state index contributed by atoms with van der Waals surface area (Å²) in [6, 6.07) is 13.0. The maximum atomic E-state index is 9.58. The first-order chi connectivity index (χ1) is 16.6. The standard InChI is InChI=1S/C28H30N6/c1-3-4-23-14-26(28-25(15-29)18-32-34(28)19-23)24-7-8-27(31-17-24)33-11-9-21(10-12-33)13-22-6-5-20(2)30-16-22/h5-8,14,16-19,21H,3-4,9-13H2,1-2H3. The van der Waals surface area contributed by atoms with Crippen LogP contribution in [0.4, 0.5) is 5.82 Å². The molecule has 6 heteroatoms. The summed E-state index contributed by atoms with van der Waals surface area (Å²) in [4.78, 5) is 11.6. The number of hydrogen-bond acceptors (Lipinski definition) is 5. The molecule has 0 atom stereocenters. The Bertz CT molecular complexity index is 1310. The molecule has 0 amide bonds. The van der Waals surface area contributed by atoms with E-state index in [9.17, 15) is 5.26 Å². The van der Waals surface area contributed by atoms with Crippen molar-refractivity contribution >= 4 is 11.3 Å². The maximum absolute atomic E-state index is 9.58. The summed E-state index contributed by atoms with van der Waals surface area (Å²) < 4.78 is 1.83. The average molecular weight is 451 g/mol. The predicted molar refractivity (Wildman–Crippen MR) is 135 cm³/mol. The number of rotatable bonds is 6. The van der Waals surface area contributed by atoms with Crippen molar-refractivity contribution in [2.75, 3.05) is 18.0 Å². The van der Waals surface area contributed by atoms with Crippen molar-refractivity contribution in [3.63, 3.8) is 0 Å². The van der Waals surface area contributed by atoms with Crippen molar-refractivity contribution in [1.29, 1.82) is 5.26 Å². The van der Waals surface area contributed by atoms with Crippen molar-refractivity contribution in [2.45, 2.75) is 46.0 Å². The van der Waals surface area contributed by atoms with Crippen molar-refractivity contribution in [1.82, 2.24) is 19.6 Å². The minimum Gasteiger partial charge on any atom is -0.357 e. The molecular formula is C28H30N6. The zero-order chi connectivity index (χ0) is 23.5. The minimum atomic E-state index is 0.591. The second kappa shape index (κ2) is 9.64. The first-order valence-electron chi connectivity index (χ1n) is 12.2. The molecule has 172 valence electrons. The van der Waals surface area contributed by atoms with E-state index in [0.717, 1.165) is 60.5 Å². The van der Waals surface area contributed by atoms with Gasteiger partial charge >= 0.3 is 0 Å². The van der Waals surface area contributed by atoms with E-state index in [2.05, 4.69) is 58.3 Å². The summed E-state index contributed by atoms with van der Waals surface area (Å²) in [5.74, 6) is 1.72. The summed E-state index contributed by atoms with van der Waals surface area (Å²) in [6.45, 7) is 6.25. The van der Waals surface area contributed by atoms with Gasteiger partial charge in [0.05, 0.1) is 17.3 Å². The second-order valence-corrected chi connectivity index (χ2v) is 9.32. The smallest absolute Gasteiger partial charge is 0.128 e. The van der Waals surface area contributed by atoms with Gasteiger partial charge in [-0.2, -0.15) is 10.4 Å². The lowest BCUT2D eigenvalue weighted by molar-refractivity contribution is 0.402. The van der Waals surface area contributed by atoms with Gasteiger partial charge in [-0.25, -0.2) is 9.50 Å². The van der Waals surface area contributed by atoms with Gasteiger partial charge in [-0.05, 0) is 73.9 Å². The number of nitriles is 1. The van der Waals surface area contributed by atoms with E-state index >= 15 is 0 Å². The van der Waals surface area contributed by atoms with Gasteiger partial charge in [-0.15, -0.1) is 0 Å². The highest BCUT2D eigenvalue weighted by Gasteiger charge is 2.21. The molecule has 1 fully saturated rings. The Morgan fingerprint density at radius 1 is 1.03 bits per heavy atom. The van der Waals surface area contributed by atoms with Crippen molar-refractivity contribution < 1.29 is 0 Å². The molecule has 0 bridgehead atoms. The number of aryl methyl sites for hydroxylation is 2. The largest absolute Gasteiger partial charge is 0.357 e. The molecule has 0 N–H and O–H groups in total. The Morgan fingerprint density at radius 2 is 1.88 bits per heavy atom. The average Bonchev–Trinajstić information content (AvgIpc) is 3.29. The van der Waals surface area contributed by atoms with Crippen LogP contribution in [0.5, 0.6) is 0 Å². The normalized spacial score (nSPS) is 14.4. The summed E-state index contributed by atoms with van der Waals surface area (Å²) in [5.41, 5.74) is 7.10. The topological polar surface area (TPSA) is 70.1 Å².